The molecule has 0 aliphatic rings. The molecule has 0 radical (unpaired) electrons. The maximum atomic E-state index is 12.5. The molecule has 0 bridgehead atoms. The van der Waals surface area contributed by atoms with Crippen LogP contribution in [0.3, 0.4) is 0 Å². The predicted octanol–water partition coefficient (Wildman–Crippen LogP) is 1.74. The first-order valence-electron chi connectivity index (χ1n) is 8.87. The Morgan fingerprint density at radius 2 is 1.69 bits per heavy atom. The van der Waals surface area contributed by atoms with Crippen molar-refractivity contribution < 1.29 is 33.4 Å². The van der Waals surface area contributed by atoms with Crippen LogP contribution in [0.25, 0.3) is 0 Å². The Morgan fingerprint density at radius 3 is 2.24 bits per heavy atom. The molecule has 1 atom stereocenters. The fraction of sp³-hybridized carbons (Fsp3) is 0.474. The van der Waals surface area contributed by atoms with Gasteiger partial charge in [-0.3, -0.25) is 4.79 Å². The zero-order valence-corrected chi connectivity index (χ0v) is 17.2. The van der Waals surface area contributed by atoms with Crippen molar-refractivity contribution >= 4 is 24.1 Å². The summed E-state index contributed by atoms with van der Waals surface area (Å²) in [4.78, 5) is 48.1. The van der Waals surface area contributed by atoms with E-state index in [0.717, 1.165) is 17.7 Å². The average molecular weight is 409 g/mol. The Morgan fingerprint density at radius 1 is 1.07 bits per heavy atom. The maximum Gasteiger partial charge on any atom is 0.426 e. The van der Waals surface area contributed by atoms with Crippen molar-refractivity contribution in [3.63, 3.8) is 0 Å². The minimum Gasteiger partial charge on any atom is -0.467 e. The molecular weight excluding hydrogens is 382 g/mol. The molecule has 0 heterocycles. The number of benzene rings is 1. The van der Waals surface area contributed by atoms with Crippen LogP contribution in [-0.4, -0.2) is 54.4 Å². The van der Waals surface area contributed by atoms with Gasteiger partial charge in [0, 0.05) is 0 Å². The third-order valence-electron chi connectivity index (χ3n) is 3.41. The van der Waals surface area contributed by atoms with E-state index in [9.17, 15) is 19.2 Å². The summed E-state index contributed by atoms with van der Waals surface area (Å²) < 4.78 is 14.7. The first-order valence-corrected chi connectivity index (χ1v) is 8.87. The highest BCUT2D eigenvalue weighted by molar-refractivity contribution is 5.88. The van der Waals surface area contributed by atoms with Gasteiger partial charge in [-0.25, -0.2) is 24.8 Å². The second-order valence-corrected chi connectivity index (χ2v) is 6.99. The normalized spacial score (nSPS) is 11.6. The van der Waals surface area contributed by atoms with E-state index in [1.165, 1.54) is 6.92 Å². The molecule has 10 nitrogen and oxygen atoms in total. The minimum absolute atomic E-state index is 0.0271. The molecule has 0 aliphatic heterocycles. The molecule has 3 amide bonds. The van der Waals surface area contributed by atoms with Gasteiger partial charge in [0.1, 0.15) is 24.8 Å². The summed E-state index contributed by atoms with van der Waals surface area (Å²) in [5, 5.41) is 3.00. The second-order valence-electron chi connectivity index (χ2n) is 6.99. The molecule has 1 rings (SSSR count). The van der Waals surface area contributed by atoms with Crippen molar-refractivity contribution in [3.8, 4) is 0 Å². The van der Waals surface area contributed by atoms with Crippen molar-refractivity contribution in [2.45, 2.75) is 45.9 Å². The van der Waals surface area contributed by atoms with Gasteiger partial charge in [0.25, 0.3) is 5.91 Å². The smallest absolute Gasteiger partial charge is 0.426 e. The van der Waals surface area contributed by atoms with Crippen molar-refractivity contribution in [1.82, 2.24) is 15.8 Å². The summed E-state index contributed by atoms with van der Waals surface area (Å²) in [5.74, 6) is -1.54. The van der Waals surface area contributed by atoms with Crippen molar-refractivity contribution in [3.05, 3.63) is 35.9 Å². The molecule has 0 saturated heterocycles. The van der Waals surface area contributed by atoms with Gasteiger partial charge >= 0.3 is 18.2 Å². The number of esters is 1. The lowest BCUT2D eigenvalue weighted by atomic mass is 10.2. The van der Waals surface area contributed by atoms with Gasteiger partial charge in [-0.15, -0.1) is 0 Å². The van der Waals surface area contributed by atoms with Crippen LogP contribution >= 0.6 is 0 Å². The number of hydrogen-bond acceptors (Lipinski definition) is 7. The molecule has 10 heteroatoms. The molecule has 0 spiro atoms. The number of ether oxygens (including phenoxy) is 3. The van der Waals surface area contributed by atoms with Crippen LogP contribution in [0, 0.1) is 0 Å². The first-order chi connectivity index (χ1) is 13.5. The number of rotatable bonds is 6. The molecule has 1 aromatic rings. The third-order valence-corrected chi connectivity index (χ3v) is 3.41. The zero-order chi connectivity index (χ0) is 22.0. The van der Waals surface area contributed by atoms with E-state index in [1.54, 1.807) is 45.0 Å². The van der Waals surface area contributed by atoms with Crippen LogP contribution in [0.4, 0.5) is 9.59 Å². The van der Waals surface area contributed by atoms with Crippen molar-refractivity contribution in [1.29, 1.82) is 0 Å². The molecule has 0 saturated carbocycles. The number of carbonyl (C=O) groups excluding carboxylic acids is 4. The standard InChI is InChI=1S/C19H27N3O7/c1-13(16(24)27-5)22(21-18(26)29-19(2,3)4)15(23)11-20-17(25)28-12-14-9-7-6-8-10-14/h6-10,13H,11-12H2,1-5H3,(H,20,25)(H,21,26). The van der Waals surface area contributed by atoms with Crippen LogP contribution < -0.4 is 10.7 Å². The Kier molecular flexibility index (Phi) is 8.91. The van der Waals surface area contributed by atoms with Crippen LogP contribution in [0.2, 0.25) is 0 Å². The molecule has 29 heavy (non-hydrogen) atoms. The fourth-order valence-electron chi connectivity index (χ4n) is 2.06. The number of alkyl carbamates (subject to hydrolysis) is 1. The first kappa shape index (κ1) is 23.7. The highest BCUT2D eigenvalue weighted by Crippen LogP contribution is 2.08. The Bertz CT molecular complexity index is 716. The third kappa shape index (κ3) is 8.96. The minimum atomic E-state index is -1.15. The number of hydrogen-bond donors (Lipinski definition) is 2. The number of hydrazine groups is 1. The van der Waals surface area contributed by atoms with Gasteiger partial charge < -0.3 is 19.5 Å². The lowest BCUT2D eigenvalue weighted by Gasteiger charge is -2.29. The summed E-state index contributed by atoms with van der Waals surface area (Å²) in [7, 11) is 1.15. The van der Waals surface area contributed by atoms with E-state index in [1.807, 2.05) is 6.07 Å². The van der Waals surface area contributed by atoms with E-state index in [-0.39, 0.29) is 6.61 Å². The molecule has 1 aromatic carbocycles. The van der Waals surface area contributed by atoms with Crippen molar-refractivity contribution in [2.75, 3.05) is 13.7 Å². The summed E-state index contributed by atoms with van der Waals surface area (Å²) in [5.41, 5.74) is 2.17. The van der Waals surface area contributed by atoms with E-state index < -0.39 is 42.3 Å². The van der Waals surface area contributed by atoms with Gasteiger partial charge in [0.15, 0.2) is 0 Å². The molecule has 1 unspecified atom stereocenters. The summed E-state index contributed by atoms with van der Waals surface area (Å²) in [6, 6.07) is 7.84. The topological polar surface area (TPSA) is 123 Å². The van der Waals surface area contributed by atoms with Crippen LogP contribution in [-0.2, 0) is 30.4 Å². The molecule has 160 valence electrons. The molecule has 0 aliphatic carbocycles. The fourth-order valence-corrected chi connectivity index (χ4v) is 2.06. The zero-order valence-electron chi connectivity index (χ0n) is 17.2. The van der Waals surface area contributed by atoms with Gasteiger partial charge in [0.2, 0.25) is 0 Å². The SMILES string of the molecule is COC(=O)C(C)N(NC(=O)OC(C)(C)C)C(=O)CNC(=O)OCc1ccccc1. The lowest BCUT2D eigenvalue weighted by molar-refractivity contribution is -0.154. The van der Waals surface area contributed by atoms with E-state index in [0.29, 0.717) is 0 Å². The largest absolute Gasteiger partial charge is 0.467 e. The number of nitrogens with one attached hydrogen (secondary N) is 2. The monoisotopic (exact) mass is 409 g/mol. The van der Waals surface area contributed by atoms with Gasteiger partial charge in [0.05, 0.1) is 7.11 Å². The predicted molar refractivity (Wildman–Crippen MR) is 102 cm³/mol. The van der Waals surface area contributed by atoms with Crippen LogP contribution in [0.5, 0.6) is 0 Å². The van der Waals surface area contributed by atoms with E-state index in [4.69, 9.17) is 9.47 Å². The van der Waals surface area contributed by atoms with Crippen LogP contribution in [0.1, 0.15) is 33.3 Å². The van der Waals surface area contributed by atoms with Gasteiger partial charge in [-0.1, -0.05) is 30.3 Å². The highest BCUT2D eigenvalue weighted by atomic mass is 16.6. The Hall–Kier alpha value is -3.30. The van der Waals surface area contributed by atoms with E-state index in [2.05, 4.69) is 15.5 Å². The van der Waals surface area contributed by atoms with Crippen LogP contribution in [0.15, 0.2) is 30.3 Å². The molecule has 0 fully saturated rings. The highest BCUT2D eigenvalue weighted by Gasteiger charge is 2.30. The number of methoxy groups -OCH3 is 1. The summed E-state index contributed by atoms with van der Waals surface area (Å²) >= 11 is 0. The van der Waals surface area contributed by atoms with Gasteiger partial charge in [-0.2, -0.15) is 0 Å². The quantitative estimate of drug-likeness (QED) is 0.417. The molecular formula is C19H27N3O7. The summed E-state index contributed by atoms with van der Waals surface area (Å²) in [6.07, 6.45) is -1.77. The molecule has 2 N–H and O–H groups in total. The van der Waals surface area contributed by atoms with Gasteiger partial charge in [-0.05, 0) is 33.3 Å². The van der Waals surface area contributed by atoms with Crippen molar-refractivity contribution in [2.24, 2.45) is 0 Å². The Labute approximate surface area is 169 Å². The number of carbonyl (C=O) groups is 4. The second kappa shape index (κ2) is 10.9. The summed E-state index contributed by atoms with van der Waals surface area (Å²) in [6.45, 7) is 5.80. The number of amides is 3. The average Bonchev–Trinajstić information content (AvgIpc) is 2.66. The number of nitrogens with zero attached hydrogens (tertiary/aromatic N) is 1. The lowest BCUT2D eigenvalue weighted by Crippen LogP contribution is -2.57. The Balaban J connectivity index is 2.66. The molecule has 0 aromatic heterocycles. The van der Waals surface area contributed by atoms with E-state index >= 15 is 0 Å². The maximum absolute atomic E-state index is 12.5.